The van der Waals surface area contributed by atoms with Crippen LogP contribution in [0.4, 0.5) is 0 Å². The predicted molar refractivity (Wildman–Crippen MR) is 78.2 cm³/mol. The predicted octanol–water partition coefficient (Wildman–Crippen LogP) is 1.88. The average molecular weight is 303 g/mol. The number of benzene rings is 1. The van der Waals surface area contributed by atoms with Crippen LogP contribution in [0.2, 0.25) is 0 Å². The summed E-state index contributed by atoms with van der Waals surface area (Å²) in [5.41, 5.74) is 0.966. The van der Waals surface area contributed by atoms with Crippen LogP contribution in [-0.2, 0) is 4.79 Å². The van der Waals surface area contributed by atoms with Crippen LogP contribution >= 0.6 is 0 Å². The third-order valence-electron chi connectivity index (χ3n) is 3.13. The lowest BCUT2D eigenvalue weighted by Crippen LogP contribution is -2.44. The summed E-state index contributed by atoms with van der Waals surface area (Å²) < 4.78 is 4.91. The van der Waals surface area contributed by atoms with Gasteiger partial charge in [0.25, 0.3) is 5.91 Å². The first-order valence-electron chi connectivity index (χ1n) is 6.83. The normalized spacial score (nSPS) is 12.2. The highest BCUT2D eigenvalue weighted by Gasteiger charge is 2.24. The van der Waals surface area contributed by atoms with Crippen molar-refractivity contribution in [3.63, 3.8) is 0 Å². The van der Waals surface area contributed by atoms with Crippen LogP contribution in [0.1, 0.15) is 30.1 Å². The van der Waals surface area contributed by atoms with Crippen molar-refractivity contribution in [2.45, 2.75) is 26.8 Å². The molecule has 0 unspecified atom stereocenters. The molecule has 1 heterocycles. The number of nitrogens with one attached hydrogen (secondary N) is 1. The van der Waals surface area contributed by atoms with E-state index in [1.807, 2.05) is 0 Å². The Morgan fingerprint density at radius 2 is 2.05 bits per heavy atom. The van der Waals surface area contributed by atoms with Crippen LogP contribution in [0.15, 0.2) is 28.8 Å². The molecule has 0 saturated carbocycles. The molecular formula is C15H17N3O4. The maximum Gasteiger partial charge on any atom is 0.326 e. The quantitative estimate of drug-likeness (QED) is 0.873. The first-order chi connectivity index (χ1) is 10.4. The minimum absolute atomic E-state index is 0.218. The molecular weight excluding hydrogens is 286 g/mol. The summed E-state index contributed by atoms with van der Waals surface area (Å²) in [6.45, 7) is 5.14. The van der Waals surface area contributed by atoms with Gasteiger partial charge in [-0.05, 0) is 18.1 Å². The van der Waals surface area contributed by atoms with Gasteiger partial charge in [-0.2, -0.15) is 4.98 Å². The highest BCUT2D eigenvalue weighted by molar-refractivity contribution is 5.97. The second kappa shape index (κ2) is 6.38. The van der Waals surface area contributed by atoms with Gasteiger partial charge in [0.05, 0.1) is 0 Å². The molecule has 0 spiro atoms. The van der Waals surface area contributed by atoms with Crippen molar-refractivity contribution in [2.75, 3.05) is 0 Å². The summed E-state index contributed by atoms with van der Waals surface area (Å²) in [6.07, 6.45) is 0. The summed E-state index contributed by atoms with van der Waals surface area (Å²) >= 11 is 0. The smallest absolute Gasteiger partial charge is 0.326 e. The number of aliphatic carboxylic acids is 1. The molecule has 1 aromatic heterocycles. The van der Waals surface area contributed by atoms with Gasteiger partial charge in [-0.1, -0.05) is 31.1 Å². The average Bonchev–Trinajstić information content (AvgIpc) is 2.90. The standard InChI is InChI=1S/C15H17N3O4/c1-8(2)12(15(20)21)17-14(19)11-6-4-5-10(7-11)13-16-9(3)22-18-13/h4-8,12H,1-3H3,(H,17,19)(H,20,21)/t12-/m1/s1. The lowest BCUT2D eigenvalue weighted by Gasteiger charge is -2.17. The van der Waals surface area contributed by atoms with E-state index in [1.165, 1.54) is 0 Å². The van der Waals surface area contributed by atoms with E-state index in [1.54, 1.807) is 45.0 Å². The summed E-state index contributed by atoms with van der Waals surface area (Å²) in [6, 6.07) is 5.69. The number of aryl methyl sites for hydroxylation is 1. The fraction of sp³-hybridized carbons (Fsp3) is 0.333. The number of nitrogens with zero attached hydrogens (tertiary/aromatic N) is 2. The Hall–Kier alpha value is -2.70. The van der Waals surface area contributed by atoms with Crippen molar-refractivity contribution in [3.8, 4) is 11.4 Å². The fourth-order valence-electron chi connectivity index (χ4n) is 1.95. The van der Waals surface area contributed by atoms with Crippen molar-refractivity contribution in [3.05, 3.63) is 35.7 Å². The number of hydrogen-bond donors (Lipinski definition) is 2. The molecule has 22 heavy (non-hydrogen) atoms. The Morgan fingerprint density at radius 3 is 2.59 bits per heavy atom. The maximum absolute atomic E-state index is 12.2. The summed E-state index contributed by atoms with van der Waals surface area (Å²) in [4.78, 5) is 27.5. The van der Waals surface area contributed by atoms with Gasteiger partial charge >= 0.3 is 5.97 Å². The van der Waals surface area contributed by atoms with Crippen LogP contribution in [0.5, 0.6) is 0 Å². The molecule has 1 aromatic carbocycles. The third-order valence-corrected chi connectivity index (χ3v) is 3.13. The number of hydrogen-bond acceptors (Lipinski definition) is 5. The van der Waals surface area contributed by atoms with Gasteiger partial charge < -0.3 is 14.9 Å². The van der Waals surface area contributed by atoms with E-state index in [0.717, 1.165) is 0 Å². The van der Waals surface area contributed by atoms with Crippen LogP contribution in [0, 0.1) is 12.8 Å². The zero-order valence-electron chi connectivity index (χ0n) is 12.5. The molecule has 0 saturated heterocycles. The third kappa shape index (κ3) is 3.49. The highest BCUT2D eigenvalue weighted by Crippen LogP contribution is 2.17. The van der Waals surface area contributed by atoms with E-state index in [4.69, 9.17) is 9.63 Å². The van der Waals surface area contributed by atoms with E-state index in [9.17, 15) is 9.59 Å². The minimum Gasteiger partial charge on any atom is -0.480 e. The largest absolute Gasteiger partial charge is 0.480 e. The van der Waals surface area contributed by atoms with Crippen LogP contribution in [0.25, 0.3) is 11.4 Å². The van der Waals surface area contributed by atoms with E-state index in [-0.39, 0.29) is 5.92 Å². The zero-order valence-corrected chi connectivity index (χ0v) is 12.5. The number of rotatable bonds is 5. The summed E-state index contributed by atoms with van der Waals surface area (Å²) in [7, 11) is 0. The monoisotopic (exact) mass is 303 g/mol. The Balaban J connectivity index is 2.22. The Labute approximate surface area is 127 Å². The van der Waals surface area contributed by atoms with Crippen molar-refractivity contribution in [1.29, 1.82) is 0 Å². The second-order valence-corrected chi connectivity index (χ2v) is 5.25. The van der Waals surface area contributed by atoms with Gasteiger partial charge in [-0.25, -0.2) is 4.79 Å². The molecule has 0 aliphatic carbocycles. The Kier molecular flexibility index (Phi) is 4.55. The first kappa shape index (κ1) is 15.7. The Morgan fingerprint density at radius 1 is 1.32 bits per heavy atom. The molecule has 0 bridgehead atoms. The molecule has 7 heteroatoms. The zero-order chi connectivity index (χ0) is 16.3. The topological polar surface area (TPSA) is 105 Å². The summed E-state index contributed by atoms with van der Waals surface area (Å²) in [5.74, 6) is -0.928. The molecule has 116 valence electrons. The molecule has 2 N–H and O–H groups in total. The molecule has 0 radical (unpaired) electrons. The van der Waals surface area contributed by atoms with E-state index < -0.39 is 17.9 Å². The molecule has 1 amide bonds. The number of carboxylic acids is 1. The van der Waals surface area contributed by atoms with E-state index in [0.29, 0.717) is 22.8 Å². The molecule has 1 atom stereocenters. The number of carbonyl (C=O) groups excluding carboxylic acids is 1. The van der Waals surface area contributed by atoms with Crippen LogP contribution in [0.3, 0.4) is 0 Å². The van der Waals surface area contributed by atoms with Gasteiger partial charge in [0.15, 0.2) is 0 Å². The van der Waals surface area contributed by atoms with Crippen molar-refractivity contribution < 1.29 is 19.2 Å². The lowest BCUT2D eigenvalue weighted by molar-refractivity contribution is -0.140. The SMILES string of the molecule is Cc1nc(-c2cccc(C(=O)N[C@@H](C(=O)O)C(C)C)c2)no1. The van der Waals surface area contributed by atoms with Gasteiger partial charge in [-0.3, -0.25) is 4.79 Å². The number of carbonyl (C=O) groups is 2. The van der Waals surface area contributed by atoms with E-state index >= 15 is 0 Å². The molecule has 0 aliphatic heterocycles. The summed E-state index contributed by atoms with van der Waals surface area (Å²) in [5, 5.41) is 15.4. The molecule has 7 nitrogen and oxygen atoms in total. The van der Waals surface area contributed by atoms with Crippen LogP contribution < -0.4 is 5.32 Å². The van der Waals surface area contributed by atoms with Gasteiger partial charge in [-0.15, -0.1) is 0 Å². The van der Waals surface area contributed by atoms with Crippen molar-refractivity contribution >= 4 is 11.9 Å². The second-order valence-electron chi connectivity index (χ2n) is 5.25. The van der Waals surface area contributed by atoms with Crippen molar-refractivity contribution in [1.82, 2.24) is 15.5 Å². The molecule has 2 aromatic rings. The number of carboxylic acid groups (broad SMARTS) is 1. The van der Waals surface area contributed by atoms with Gasteiger partial charge in [0.2, 0.25) is 11.7 Å². The maximum atomic E-state index is 12.2. The molecule has 0 aliphatic rings. The lowest BCUT2D eigenvalue weighted by atomic mass is 10.0. The van der Waals surface area contributed by atoms with Gasteiger partial charge in [0, 0.05) is 18.1 Å². The minimum atomic E-state index is -1.06. The van der Waals surface area contributed by atoms with Crippen molar-refractivity contribution in [2.24, 2.45) is 5.92 Å². The van der Waals surface area contributed by atoms with Crippen LogP contribution in [-0.4, -0.2) is 33.2 Å². The molecule has 2 rings (SSSR count). The molecule has 0 fully saturated rings. The Bertz CT molecular complexity index is 694. The fourth-order valence-corrected chi connectivity index (χ4v) is 1.95. The number of aromatic nitrogens is 2. The van der Waals surface area contributed by atoms with Gasteiger partial charge in [0.1, 0.15) is 6.04 Å². The first-order valence-corrected chi connectivity index (χ1v) is 6.83. The van der Waals surface area contributed by atoms with E-state index in [2.05, 4.69) is 15.5 Å². The number of amides is 1. The highest BCUT2D eigenvalue weighted by atomic mass is 16.5.